The number of halogens is 2. The number of hydrogen-bond donors (Lipinski definition) is 0. The predicted octanol–water partition coefficient (Wildman–Crippen LogP) is 6.88. The van der Waals surface area contributed by atoms with E-state index in [1.807, 2.05) is 84.7 Å². The molecule has 3 rings (SSSR count). The van der Waals surface area contributed by atoms with E-state index >= 15 is 0 Å². The summed E-state index contributed by atoms with van der Waals surface area (Å²) in [6.07, 6.45) is 22.6. The Morgan fingerprint density at radius 3 is 1.86 bits per heavy atom. The molecule has 0 N–H and O–H groups in total. The predicted molar refractivity (Wildman–Crippen MR) is 172 cm³/mol. The Hall–Kier alpha value is -2.12. The van der Waals surface area contributed by atoms with Gasteiger partial charge in [-0.05, 0) is 36.2 Å². The number of unbranched alkanes of at least 4 members (excludes halogenated alkanes) is 13. The average molecular weight is 705 g/mol. The van der Waals surface area contributed by atoms with Gasteiger partial charge in [0.1, 0.15) is 12.8 Å². The first-order chi connectivity index (χ1) is 20.1. The maximum atomic E-state index is 13.4. The second-order valence-corrected chi connectivity index (χ2v) is 11.6. The first-order valence-electron chi connectivity index (χ1n) is 15.8. The number of benzene rings is 2. The quantitative estimate of drug-likeness (QED) is 0.0731. The third kappa shape index (κ3) is 13.5. The van der Waals surface area contributed by atoms with E-state index in [2.05, 4.69) is 6.92 Å². The Bertz CT molecular complexity index is 1140. The van der Waals surface area contributed by atoms with Gasteiger partial charge in [0, 0.05) is 17.8 Å². The Labute approximate surface area is 276 Å². The highest BCUT2D eigenvalue weighted by Crippen LogP contribution is 2.28. The molecule has 230 valence electrons. The van der Waals surface area contributed by atoms with Gasteiger partial charge < -0.3 is 33.6 Å². The van der Waals surface area contributed by atoms with Gasteiger partial charge in [-0.3, -0.25) is 4.79 Å². The van der Waals surface area contributed by atoms with Crippen molar-refractivity contribution in [2.45, 2.75) is 103 Å². The largest absolute Gasteiger partial charge is 1.00 e. The highest BCUT2D eigenvalue weighted by Gasteiger charge is 2.19. The lowest BCUT2D eigenvalue weighted by atomic mass is 10.0. The molecule has 1 aromatic heterocycles. The van der Waals surface area contributed by atoms with Crippen LogP contribution in [0.3, 0.4) is 0 Å². The van der Waals surface area contributed by atoms with E-state index in [1.54, 1.807) is 4.90 Å². The molecule has 0 radical (unpaired) electrons. The summed E-state index contributed by atoms with van der Waals surface area (Å²) in [5.74, 6) is 0.657. The van der Waals surface area contributed by atoms with Crippen molar-refractivity contribution >= 4 is 23.2 Å². The molecule has 0 atom stereocenters. The zero-order valence-electron chi connectivity index (χ0n) is 25.7. The molecule has 42 heavy (non-hydrogen) atoms. The average Bonchev–Trinajstić information content (AvgIpc) is 2.99. The van der Waals surface area contributed by atoms with Gasteiger partial charge in [0.05, 0.1) is 23.7 Å². The van der Waals surface area contributed by atoms with Crippen LogP contribution < -0.4 is 38.2 Å². The molecule has 0 aliphatic heterocycles. The first kappa shape index (κ1) is 36.1. The van der Waals surface area contributed by atoms with Crippen molar-refractivity contribution in [2.24, 2.45) is 7.05 Å². The van der Waals surface area contributed by atoms with E-state index in [0.29, 0.717) is 29.5 Å². The van der Waals surface area contributed by atoms with E-state index in [9.17, 15) is 4.79 Å². The summed E-state index contributed by atoms with van der Waals surface area (Å²) < 4.78 is 7.92. The van der Waals surface area contributed by atoms with Gasteiger partial charge in [-0.15, -0.1) is 0 Å². The van der Waals surface area contributed by atoms with E-state index in [0.717, 1.165) is 17.7 Å². The number of carbonyl (C=O) groups is 1. The summed E-state index contributed by atoms with van der Waals surface area (Å²) >= 11 is 6.61. The number of aryl methyl sites for hydroxylation is 1. The third-order valence-corrected chi connectivity index (χ3v) is 7.93. The number of rotatable bonds is 20. The SMILES string of the molecule is CCCCCCCCCCCCCCCCOc1ccc(CN(C(=O)c2cc[n+](C)cc2)c2ccccc2)cc1Cl.[I-]. The highest BCUT2D eigenvalue weighted by molar-refractivity contribution is 6.32. The summed E-state index contributed by atoms with van der Waals surface area (Å²) in [4.78, 5) is 15.2. The van der Waals surface area contributed by atoms with Crippen LogP contribution in [-0.2, 0) is 13.6 Å². The van der Waals surface area contributed by atoms with Gasteiger partial charge in [0.25, 0.3) is 5.91 Å². The van der Waals surface area contributed by atoms with Crippen LogP contribution >= 0.6 is 11.6 Å². The van der Waals surface area contributed by atoms with E-state index in [-0.39, 0.29) is 29.9 Å². The van der Waals surface area contributed by atoms with E-state index in [1.165, 1.54) is 83.5 Å². The van der Waals surface area contributed by atoms with Crippen LogP contribution in [0.15, 0.2) is 73.1 Å². The Balaban J connectivity index is 0.00000616. The number of amides is 1. The molecule has 6 heteroatoms. The molecule has 0 spiro atoms. The third-order valence-electron chi connectivity index (χ3n) is 7.63. The van der Waals surface area contributed by atoms with Crippen LogP contribution in [0.1, 0.15) is 113 Å². The summed E-state index contributed by atoms with van der Waals surface area (Å²) in [5.41, 5.74) is 2.45. The number of pyridine rings is 1. The van der Waals surface area contributed by atoms with Gasteiger partial charge in [-0.2, -0.15) is 0 Å². The maximum Gasteiger partial charge on any atom is 0.259 e. The molecule has 2 aromatic carbocycles. The molecule has 0 bridgehead atoms. The standard InChI is InChI=1S/C36H50ClN2O2.HI/c1-3-4-5-6-7-8-9-10-11-12-13-14-15-19-28-41-35-23-22-31(29-34(35)37)30-39(33-20-17-16-18-21-33)36(40)32-24-26-38(2)27-25-32;/h16-18,20-27,29H,3-15,19,28,30H2,1-2H3;1H/q+1;/p-1. The van der Waals surface area contributed by atoms with E-state index < -0.39 is 0 Å². The van der Waals surface area contributed by atoms with Crippen LogP contribution in [0, 0.1) is 0 Å². The summed E-state index contributed by atoms with van der Waals surface area (Å²) in [5, 5.41) is 0.583. The van der Waals surface area contributed by atoms with Crippen molar-refractivity contribution in [1.29, 1.82) is 0 Å². The fraction of sp³-hybridized carbons (Fsp3) is 0.500. The van der Waals surface area contributed by atoms with Gasteiger partial charge in [0.15, 0.2) is 12.4 Å². The van der Waals surface area contributed by atoms with Crippen molar-refractivity contribution in [1.82, 2.24) is 0 Å². The zero-order valence-corrected chi connectivity index (χ0v) is 28.6. The van der Waals surface area contributed by atoms with Gasteiger partial charge in [-0.1, -0.05) is 126 Å². The van der Waals surface area contributed by atoms with Gasteiger partial charge >= 0.3 is 0 Å². The minimum absolute atomic E-state index is 0. The summed E-state index contributed by atoms with van der Waals surface area (Å²) in [6.45, 7) is 3.38. The van der Waals surface area contributed by atoms with Crippen molar-refractivity contribution in [2.75, 3.05) is 11.5 Å². The monoisotopic (exact) mass is 704 g/mol. The maximum absolute atomic E-state index is 13.4. The number of carbonyl (C=O) groups excluding carboxylic acids is 1. The van der Waals surface area contributed by atoms with Crippen molar-refractivity contribution in [3.05, 3.63) is 89.2 Å². The number of nitrogens with zero attached hydrogens (tertiary/aromatic N) is 2. The van der Waals surface area contributed by atoms with Crippen molar-refractivity contribution in [3.63, 3.8) is 0 Å². The number of aromatic nitrogens is 1. The van der Waals surface area contributed by atoms with Gasteiger partial charge in [-0.25, -0.2) is 4.57 Å². The smallest absolute Gasteiger partial charge is 0.259 e. The molecule has 3 aromatic rings. The fourth-order valence-electron chi connectivity index (χ4n) is 5.11. The van der Waals surface area contributed by atoms with Crippen LogP contribution in [0.4, 0.5) is 5.69 Å². The normalized spacial score (nSPS) is 10.7. The minimum Gasteiger partial charge on any atom is -1.00 e. The molecule has 0 fully saturated rings. The van der Waals surface area contributed by atoms with Crippen LogP contribution in [0.2, 0.25) is 5.02 Å². The molecule has 0 aliphatic carbocycles. The highest BCUT2D eigenvalue weighted by atomic mass is 127. The number of hydrogen-bond acceptors (Lipinski definition) is 2. The molecule has 0 aliphatic rings. The van der Waals surface area contributed by atoms with Crippen molar-refractivity contribution in [3.8, 4) is 5.75 Å². The number of ether oxygens (including phenoxy) is 1. The summed E-state index contributed by atoms with van der Waals surface area (Å²) in [7, 11) is 1.94. The van der Waals surface area contributed by atoms with Crippen LogP contribution in [0.25, 0.3) is 0 Å². The fourth-order valence-corrected chi connectivity index (χ4v) is 5.37. The zero-order chi connectivity index (χ0) is 29.1. The lowest BCUT2D eigenvalue weighted by Crippen LogP contribution is -3.00. The minimum atomic E-state index is -0.0500. The molecule has 4 nitrogen and oxygen atoms in total. The molecule has 0 unspecified atom stereocenters. The molecular formula is C36H50ClIN2O2. The lowest BCUT2D eigenvalue weighted by molar-refractivity contribution is -0.671. The number of para-hydroxylation sites is 1. The number of anilines is 1. The molecule has 0 saturated heterocycles. The first-order valence-corrected chi connectivity index (χ1v) is 16.2. The van der Waals surface area contributed by atoms with Crippen LogP contribution in [0.5, 0.6) is 5.75 Å². The van der Waals surface area contributed by atoms with Crippen molar-refractivity contribution < 1.29 is 38.1 Å². The van der Waals surface area contributed by atoms with Gasteiger partial charge in [0.2, 0.25) is 0 Å². The van der Waals surface area contributed by atoms with E-state index in [4.69, 9.17) is 16.3 Å². The Kier molecular flexibility index (Phi) is 18.5. The topological polar surface area (TPSA) is 33.4 Å². The Morgan fingerprint density at radius 2 is 1.31 bits per heavy atom. The summed E-state index contributed by atoms with van der Waals surface area (Å²) in [6, 6.07) is 19.3. The molecule has 1 heterocycles. The lowest BCUT2D eigenvalue weighted by Gasteiger charge is -2.23. The molecule has 1 amide bonds. The molecular weight excluding hydrogens is 655 g/mol. The second-order valence-electron chi connectivity index (χ2n) is 11.2. The van der Waals surface area contributed by atoms with Crippen LogP contribution in [-0.4, -0.2) is 12.5 Å². The molecule has 0 saturated carbocycles. The Morgan fingerprint density at radius 1 is 0.762 bits per heavy atom. The second kappa shape index (κ2) is 21.6.